The number of ether oxygens (including phenoxy) is 1. The first-order valence-electron chi connectivity index (χ1n) is 8.95. The van der Waals surface area contributed by atoms with Crippen molar-refractivity contribution in [2.45, 2.75) is 6.92 Å². The lowest BCUT2D eigenvalue weighted by Gasteiger charge is -2.28. The maximum Gasteiger partial charge on any atom is 0.203 e. The second-order valence-electron chi connectivity index (χ2n) is 6.63. The van der Waals surface area contributed by atoms with Crippen LogP contribution in [0.4, 0.5) is 5.00 Å². The summed E-state index contributed by atoms with van der Waals surface area (Å²) in [5.41, 5.74) is 4.01. The predicted molar refractivity (Wildman–Crippen MR) is 112 cm³/mol. The van der Waals surface area contributed by atoms with Gasteiger partial charge >= 0.3 is 0 Å². The van der Waals surface area contributed by atoms with E-state index in [1.165, 1.54) is 0 Å². The van der Waals surface area contributed by atoms with Gasteiger partial charge in [-0.25, -0.2) is 0 Å². The number of thiophene rings is 1. The summed E-state index contributed by atoms with van der Waals surface area (Å²) in [4.78, 5) is 16.1. The molecule has 2 aromatic carbocycles. The molecule has 27 heavy (non-hydrogen) atoms. The van der Waals surface area contributed by atoms with E-state index in [0.717, 1.165) is 45.2 Å². The van der Waals surface area contributed by atoms with Crippen LogP contribution in [0.15, 0.2) is 54.6 Å². The highest BCUT2D eigenvalue weighted by Crippen LogP contribution is 2.40. The van der Waals surface area contributed by atoms with Crippen LogP contribution >= 0.6 is 22.9 Å². The Balaban J connectivity index is 1.75. The molecule has 1 aliphatic rings. The van der Waals surface area contributed by atoms with Crippen molar-refractivity contribution < 1.29 is 9.53 Å². The van der Waals surface area contributed by atoms with Gasteiger partial charge in [0.05, 0.1) is 23.1 Å². The fourth-order valence-corrected chi connectivity index (χ4v) is 4.50. The highest BCUT2D eigenvalue weighted by atomic mass is 35.5. The van der Waals surface area contributed by atoms with E-state index in [9.17, 15) is 4.79 Å². The third-order valence-corrected chi connectivity index (χ3v) is 6.15. The normalized spacial score (nSPS) is 14.4. The average molecular weight is 398 g/mol. The van der Waals surface area contributed by atoms with Crippen LogP contribution < -0.4 is 4.90 Å². The molecule has 1 fully saturated rings. The molecule has 2 heterocycles. The average Bonchev–Trinajstić information content (AvgIpc) is 3.15. The Morgan fingerprint density at radius 1 is 1.04 bits per heavy atom. The van der Waals surface area contributed by atoms with Gasteiger partial charge in [0, 0.05) is 29.2 Å². The van der Waals surface area contributed by atoms with Crippen molar-refractivity contribution >= 4 is 33.7 Å². The Kier molecular flexibility index (Phi) is 5.30. The fraction of sp³-hybridized carbons (Fsp3) is 0.227. The highest BCUT2D eigenvalue weighted by Gasteiger charge is 2.22. The zero-order valence-electron chi connectivity index (χ0n) is 15.1. The van der Waals surface area contributed by atoms with E-state index in [4.69, 9.17) is 16.3 Å². The van der Waals surface area contributed by atoms with Crippen LogP contribution in [0.5, 0.6) is 0 Å². The van der Waals surface area contributed by atoms with Crippen LogP contribution in [0, 0.1) is 6.92 Å². The third kappa shape index (κ3) is 3.93. The first-order chi connectivity index (χ1) is 13.1. The van der Waals surface area contributed by atoms with Gasteiger partial charge in [-0.15, -0.1) is 11.3 Å². The Hall–Kier alpha value is -2.14. The van der Waals surface area contributed by atoms with E-state index in [1.54, 1.807) is 11.3 Å². The fourth-order valence-electron chi connectivity index (χ4n) is 3.18. The van der Waals surface area contributed by atoms with Gasteiger partial charge in [0.2, 0.25) is 5.78 Å². The Morgan fingerprint density at radius 2 is 1.70 bits per heavy atom. The lowest BCUT2D eigenvalue weighted by Crippen LogP contribution is -2.35. The first-order valence-corrected chi connectivity index (χ1v) is 10.1. The van der Waals surface area contributed by atoms with Crippen molar-refractivity contribution in [3.8, 4) is 11.1 Å². The molecule has 3 aromatic rings. The van der Waals surface area contributed by atoms with E-state index in [0.29, 0.717) is 18.2 Å². The number of hydrogen-bond donors (Lipinski definition) is 0. The zero-order valence-corrected chi connectivity index (χ0v) is 16.6. The van der Waals surface area contributed by atoms with Gasteiger partial charge in [0.25, 0.3) is 0 Å². The minimum atomic E-state index is 0.0646. The van der Waals surface area contributed by atoms with E-state index >= 15 is 0 Å². The molecule has 0 atom stereocenters. The van der Waals surface area contributed by atoms with E-state index in [-0.39, 0.29) is 5.78 Å². The molecule has 0 radical (unpaired) electrons. The molecule has 1 aliphatic heterocycles. The van der Waals surface area contributed by atoms with Crippen molar-refractivity contribution in [1.29, 1.82) is 0 Å². The second-order valence-corrected chi connectivity index (χ2v) is 8.10. The molecular weight excluding hydrogens is 378 g/mol. The molecule has 4 rings (SSSR count). The molecule has 5 heteroatoms. The lowest BCUT2D eigenvalue weighted by molar-refractivity contribution is 0.104. The summed E-state index contributed by atoms with van der Waals surface area (Å²) in [5.74, 6) is 0.0646. The largest absolute Gasteiger partial charge is 0.378 e. The number of aryl methyl sites for hydroxylation is 1. The van der Waals surface area contributed by atoms with Crippen LogP contribution in [0.2, 0.25) is 5.02 Å². The monoisotopic (exact) mass is 397 g/mol. The minimum absolute atomic E-state index is 0.0646. The van der Waals surface area contributed by atoms with Crippen molar-refractivity contribution in [2.24, 2.45) is 0 Å². The van der Waals surface area contributed by atoms with Gasteiger partial charge in [-0.3, -0.25) is 4.79 Å². The molecule has 0 aliphatic carbocycles. The molecular formula is C22H20ClNO2S. The molecule has 138 valence electrons. The van der Waals surface area contributed by atoms with Crippen LogP contribution in [-0.4, -0.2) is 32.1 Å². The summed E-state index contributed by atoms with van der Waals surface area (Å²) < 4.78 is 5.50. The maximum absolute atomic E-state index is 13.0. The Morgan fingerprint density at radius 3 is 2.37 bits per heavy atom. The summed E-state index contributed by atoms with van der Waals surface area (Å²) in [7, 11) is 0. The molecule has 1 saturated heterocycles. The van der Waals surface area contributed by atoms with Crippen molar-refractivity contribution in [3.63, 3.8) is 0 Å². The zero-order chi connectivity index (χ0) is 18.8. The molecule has 0 bridgehead atoms. The smallest absolute Gasteiger partial charge is 0.203 e. The molecule has 0 spiro atoms. The molecule has 0 unspecified atom stereocenters. The summed E-state index contributed by atoms with van der Waals surface area (Å²) in [5, 5.41) is 1.83. The number of halogens is 1. The quantitative estimate of drug-likeness (QED) is 0.548. The number of morpholine rings is 1. The van der Waals surface area contributed by atoms with Crippen LogP contribution in [0.1, 0.15) is 20.8 Å². The van der Waals surface area contributed by atoms with Gasteiger partial charge < -0.3 is 9.64 Å². The number of carbonyl (C=O) groups excluding carboxylic acids is 1. The predicted octanol–water partition coefficient (Wildman–Crippen LogP) is 5.44. The topological polar surface area (TPSA) is 29.5 Å². The maximum atomic E-state index is 13.0. The molecule has 3 nitrogen and oxygen atoms in total. The van der Waals surface area contributed by atoms with Gasteiger partial charge in [-0.1, -0.05) is 53.6 Å². The number of hydrogen-bond acceptors (Lipinski definition) is 4. The summed E-state index contributed by atoms with van der Waals surface area (Å²) in [6.07, 6.45) is 0. The van der Waals surface area contributed by atoms with E-state index < -0.39 is 0 Å². The molecule has 0 amide bonds. The summed E-state index contributed by atoms with van der Waals surface area (Å²) in [6, 6.07) is 17.6. The van der Waals surface area contributed by atoms with Gasteiger partial charge in [-0.2, -0.15) is 0 Å². The second kappa shape index (κ2) is 7.85. The van der Waals surface area contributed by atoms with Crippen LogP contribution in [0.25, 0.3) is 11.1 Å². The number of carbonyl (C=O) groups is 1. The van der Waals surface area contributed by atoms with E-state index in [2.05, 4.69) is 4.90 Å². The minimum Gasteiger partial charge on any atom is -0.378 e. The number of nitrogens with zero attached hydrogens (tertiary/aromatic N) is 1. The number of ketones is 1. The summed E-state index contributed by atoms with van der Waals surface area (Å²) in [6.45, 7) is 5.10. The van der Waals surface area contributed by atoms with E-state index in [1.807, 2.05) is 61.5 Å². The number of rotatable bonds is 4. The van der Waals surface area contributed by atoms with Crippen molar-refractivity contribution in [1.82, 2.24) is 0 Å². The Labute approximate surface area is 168 Å². The van der Waals surface area contributed by atoms with Gasteiger partial charge in [0.15, 0.2) is 0 Å². The van der Waals surface area contributed by atoms with Crippen molar-refractivity contribution in [3.05, 3.63) is 75.6 Å². The summed E-state index contributed by atoms with van der Waals surface area (Å²) >= 11 is 7.62. The first kappa shape index (κ1) is 18.2. The number of benzene rings is 2. The van der Waals surface area contributed by atoms with Crippen molar-refractivity contribution in [2.75, 3.05) is 31.2 Å². The Bertz CT molecular complexity index is 941. The standard InChI is InChI=1S/C22H20ClNO2S/c1-15-2-4-17(5-3-15)21(25)20-14-19(16-6-8-18(23)9-7-16)22(27-20)24-10-12-26-13-11-24/h2-9,14H,10-13H2,1H3. The van der Waals surface area contributed by atoms with Gasteiger partial charge in [-0.05, 0) is 30.7 Å². The number of anilines is 1. The third-order valence-electron chi connectivity index (χ3n) is 4.70. The SMILES string of the molecule is Cc1ccc(C(=O)c2cc(-c3ccc(Cl)cc3)c(N3CCOCC3)s2)cc1. The lowest BCUT2D eigenvalue weighted by atomic mass is 10.0. The molecule has 0 saturated carbocycles. The molecule has 1 aromatic heterocycles. The molecule has 0 N–H and O–H groups in total. The van der Waals surface area contributed by atoms with Crippen LogP contribution in [0.3, 0.4) is 0 Å². The van der Waals surface area contributed by atoms with Crippen LogP contribution in [-0.2, 0) is 4.74 Å². The van der Waals surface area contributed by atoms with Gasteiger partial charge in [0.1, 0.15) is 0 Å². The highest BCUT2D eigenvalue weighted by molar-refractivity contribution is 7.18.